The summed E-state index contributed by atoms with van der Waals surface area (Å²) in [6.45, 7) is 24.2. The Hall–Kier alpha value is -3.31. The molecule has 2 aliphatic heterocycles. The summed E-state index contributed by atoms with van der Waals surface area (Å²) in [7, 11) is -1.25. The van der Waals surface area contributed by atoms with Gasteiger partial charge in [-0.25, -0.2) is 9.78 Å². The predicted molar refractivity (Wildman–Crippen MR) is 187 cm³/mol. The molecule has 5 rings (SSSR count). The maximum absolute atomic E-state index is 13.3. The number of rotatable bonds is 10. The van der Waals surface area contributed by atoms with E-state index in [9.17, 15) is 9.59 Å². The molecule has 1 amide bonds. The van der Waals surface area contributed by atoms with Crippen molar-refractivity contribution in [3.05, 3.63) is 40.8 Å². The van der Waals surface area contributed by atoms with Gasteiger partial charge in [-0.3, -0.25) is 9.36 Å². The summed E-state index contributed by atoms with van der Waals surface area (Å²) in [6.07, 6.45) is 2.20. The van der Waals surface area contributed by atoms with E-state index in [2.05, 4.69) is 57.2 Å². The molecule has 0 bridgehead atoms. The number of fused-ring (bicyclic) bond motifs is 2. The lowest BCUT2D eigenvalue weighted by molar-refractivity contribution is 0.0169. The van der Waals surface area contributed by atoms with E-state index in [-0.39, 0.29) is 35.3 Å². The maximum atomic E-state index is 13.3. The molecule has 4 heterocycles. The SMILES string of the molecule is CC(C)N1c2nc(-c3c[nH]c4ccc(OC(COCC[Si](C)(C)C)C5CCN(C(=O)OC(C)(C)C)C5)cc34)cc(=O)n2CC1(C)C. The number of amides is 1. The molecule has 2 unspecified atom stereocenters. The highest BCUT2D eigenvalue weighted by Gasteiger charge is 2.40. The molecule has 1 fully saturated rings. The monoisotopic (exact) mass is 651 g/mol. The van der Waals surface area contributed by atoms with Crippen LogP contribution < -0.4 is 15.2 Å². The Kier molecular flexibility index (Phi) is 9.40. The molecule has 0 aliphatic carbocycles. The normalized spacial score (nSPS) is 18.8. The molecular weight excluding hydrogens is 599 g/mol. The molecule has 1 aromatic carbocycles. The number of nitrogens with one attached hydrogen (secondary N) is 1. The lowest BCUT2D eigenvalue weighted by Gasteiger charge is -2.35. The summed E-state index contributed by atoms with van der Waals surface area (Å²) in [4.78, 5) is 38.6. The fraction of sp³-hybridized carbons (Fsp3) is 0.629. The molecule has 3 aromatic rings. The van der Waals surface area contributed by atoms with Gasteiger partial charge < -0.3 is 29.0 Å². The number of ether oxygens (including phenoxy) is 3. The zero-order valence-electron chi connectivity index (χ0n) is 29.4. The number of benzene rings is 1. The van der Waals surface area contributed by atoms with Crippen molar-refractivity contribution in [3.63, 3.8) is 0 Å². The van der Waals surface area contributed by atoms with Gasteiger partial charge in [-0.1, -0.05) is 19.6 Å². The molecule has 10 nitrogen and oxygen atoms in total. The molecule has 252 valence electrons. The number of aromatic nitrogens is 3. The van der Waals surface area contributed by atoms with Gasteiger partial charge in [0, 0.05) is 68.5 Å². The van der Waals surface area contributed by atoms with Crippen LogP contribution in [0.2, 0.25) is 25.7 Å². The van der Waals surface area contributed by atoms with E-state index in [1.165, 1.54) is 0 Å². The van der Waals surface area contributed by atoms with Crippen LogP contribution >= 0.6 is 0 Å². The topological polar surface area (TPSA) is 102 Å². The van der Waals surface area contributed by atoms with Gasteiger partial charge >= 0.3 is 6.09 Å². The first-order valence-electron chi connectivity index (χ1n) is 16.7. The molecule has 46 heavy (non-hydrogen) atoms. The number of hydrogen-bond donors (Lipinski definition) is 1. The largest absolute Gasteiger partial charge is 0.488 e. The lowest BCUT2D eigenvalue weighted by atomic mass is 10.0. The van der Waals surface area contributed by atoms with E-state index >= 15 is 0 Å². The third kappa shape index (κ3) is 7.62. The highest BCUT2D eigenvalue weighted by molar-refractivity contribution is 6.76. The molecule has 0 spiro atoms. The minimum Gasteiger partial charge on any atom is -0.488 e. The molecule has 2 aliphatic rings. The second-order valence-corrected chi connectivity index (χ2v) is 21.7. The van der Waals surface area contributed by atoms with Gasteiger partial charge in [0.1, 0.15) is 17.5 Å². The molecule has 0 saturated carbocycles. The number of anilines is 1. The van der Waals surface area contributed by atoms with E-state index < -0.39 is 13.7 Å². The highest BCUT2D eigenvalue weighted by Crippen LogP contribution is 2.36. The van der Waals surface area contributed by atoms with Gasteiger partial charge in [0.25, 0.3) is 5.56 Å². The molecule has 0 radical (unpaired) electrons. The predicted octanol–water partition coefficient (Wildman–Crippen LogP) is 6.76. The fourth-order valence-electron chi connectivity index (χ4n) is 6.62. The van der Waals surface area contributed by atoms with Crippen molar-refractivity contribution in [2.45, 2.75) is 110 Å². The van der Waals surface area contributed by atoms with Crippen molar-refractivity contribution in [1.29, 1.82) is 0 Å². The second-order valence-electron chi connectivity index (χ2n) is 16.1. The third-order valence-electron chi connectivity index (χ3n) is 8.81. The fourth-order valence-corrected chi connectivity index (χ4v) is 7.37. The van der Waals surface area contributed by atoms with E-state index in [0.29, 0.717) is 50.2 Å². The number of aromatic amines is 1. The smallest absolute Gasteiger partial charge is 0.410 e. The van der Waals surface area contributed by atoms with Gasteiger partial charge in [-0.05, 0) is 79.1 Å². The van der Waals surface area contributed by atoms with Gasteiger partial charge in [-0.2, -0.15) is 0 Å². The number of carbonyl (C=O) groups is 1. The molecule has 1 N–H and O–H groups in total. The summed E-state index contributed by atoms with van der Waals surface area (Å²) in [5.74, 6) is 1.52. The summed E-state index contributed by atoms with van der Waals surface area (Å²) >= 11 is 0. The number of hydrogen-bond acceptors (Lipinski definition) is 7. The van der Waals surface area contributed by atoms with Crippen molar-refractivity contribution in [2.24, 2.45) is 5.92 Å². The molecule has 2 aromatic heterocycles. The lowest BCUT2D eigenvalue weighted by Crippen LogP contribution is -2.45. The molecule has 2 atom stereocenters. The van der Waals surface area contributed by atoms with Crippen molar-refractivity contribution < 1.29 is 19.0 Å². The Balaban J connectivity index is 1.41. The first-order chi connectivity index (χ1) is 21.4. The molecule has 1 saturated heterocycles. The minimum atomic E-state index is -1.25. The Morgan fingerprint density at radius 3 is 2.59 bits per heavy atom. The van der Waals surface area contributed by atoms with Crippen LogP contribution in [0.1, 0.15) is 54.9 Å². The number of H-pyrrole nitrogens is 1. The Labute approximate surface area is 274 Å². The second kappa shape index (κ2) is 12.7. The number of likely N-dealkylation sites (tertiary alicyclic amines) is 1. The van der Waals surface area contributed by atoms with Crippen LogP contribution in [0.4, 0.5) is 10.7 Å². The minimum absolute atomic E-state index is 0.0516. The van der Waals surface area contributed by atoms with Crippen LogP contribution in [0.15, 0.2) is 35.3 Å². The Bertz CT molecular complexity index is 1620. The summed E-state index contributed by atoms with van der Waals surface area (Å²) < 4.78 is 20.3. The van der Waals surface area contributed by atoms with Crippen LogP contribution in [-0.2, 0) is 16.0 Å². The van der Waals surface area contributed by atoms with Crippen molar-refractivity contribution in [2.75, 3.05) is 31.2 Å². The van der Waals surface area contributed by atoms with Crippen LogP contribution in [-0.4, -0.2) is 83.2 Å². The first-order valence-corrected chi connectivity index (χ1v) is 20.4. The van der Waals surface area contributed by atoms with Crippen molar-refractivity contribution in [1.82, 2.24) is 19.4 Å². The van der Waals surface area contributed by atoms with Crippen molar-refractivity contribution >= 4 is 31.0 Å². The first kappa shape index (κ1) is 34.0. The standard InChI is InChI=1S/C35H53N5O5Si/c1-23(2)40-32-37-29(18-31(41)39(32)22-35(40,6)7)27-19-36-28-12-11-25(17-26(27)28)44-30(21-43-15-16-46(8,9)10)24-13-14-38(20-24)33(42)45-34(3,4)5/h11-12,17-19,23-24,30,36H,13-16,20-22H2,1-10H3. The van der Waals surface area contributed by atoms with E-state index in [0.717, 1.165) is 28.9 Å². The van der Waals surface area contributed by atoms with E-state index in [1.807, 2.05) is 45.2 Å². The highest BCUT2D eigenvalue weighted by atomic mass is 28.3. The quantitative estimate of drug-likeness (QED) is 0.191. The maximum Gasteiger partial charge on any atom is 0.410 e. The van der Waals surface area contributed by atoms with E-state index in [4.69, 9.17) is 19.2 Å². The van der Waals surface area contributed by atoms with Gasteiger partial charge in [0.2, 0.25) is 5.95 Å². The van der Waals surface area contributed by atoms with Gasteiger partial charge in [-0.15, -0.1) is 0 Å². The summed E-state index contributed by atoms with van der Waals surface area (Å²) in [6, 6.07) is 8.90. The van der Waals surface area contributed by atoms with E-state index in [1.54, 1.807) is 15.5 Å². The van der Waals surface area contributed by atoms with Crippen LogP contribution in [0.3, 0.4) is 0 Å². The van der Waals surface area contributed by atoms with Crippen LogP contribution in [0.25, 0.3) is 22.2 Å². The Morgan fingerprint density at radius 2 is 1.91 bits per heavy atom. The average molecular weight is 652 g/mol. The van der Waals surface area contributed by atoms with Crippen LogP contribution in [0, 0.1) is 5.92 Å². The summed E-state index contributed by atoms with van der Waals surface area (Å²) in [5, 5.41) is 0.933. The zero-order valence-corrected chi connectivity index (χ0v) is 30.4. The van der Waals surface area contributed by atoms with Gasteiger partial charge in [0.05, 0.1) is 24.4 Å². The zero-order chi connectivity index (χ0) is 33.6. The summed E-state index contributed by atoms with van der Waals surface area (Å²) in [5.41, 5.74) is 1.62. The number of carbonyl (C=O) groups excluding carboxylic acids is 1. The van der Waals surface area contributed by atoms with Crippen LogP contribution in [0.5, 0.6) is 5.75 Å². The molecule has 11 heteroatoms. The number of nitrogens with zero attached hydrogens (tertiary/aromatic N) is 4. The van der Waals surface area contributed by atoms with Gasteiger partial charge in [0.15, 0.2) is 0 Å². The average Bonchev–Trinajstić information content (AvgIpc) is 3.64. The van der Waals surface area contributed by atoms with Crippen molar-refractivity contribution in [3.8, 4) is 17.0 Å². The Morgan fingerprint density at radius 1 is 1.17 bits per heavy atom. The third-order valence-corrected chi connectivity index (χ3v) is 10.5. The molecular formula is C35H53N5O5Si.